The summed E-state index contributed by atoms with van der Waals surface area (Å²) in [6.07, 6.45) is 4.69. The number of likely N-dealkylation sites (tertiary alicyclic amines) is 1. The van der Waals surface area contributed by atoms with E-state index in [1.165, 1.54) is 25.9 Å². The predicted octanol–water partition coefficient (Wildman–Crippen LogP) is 1.25. The predicted molar refractivity (Wildman–Crippen MR) is 82.6 cm³/mol. The minimum atomic E-state index is 0.761. The van der Waals surface area contributed by atoms with Crippen molar-refractivity contribution in [1.29, 1.82) is 0 Å². The number of thioether (sulfide) groups is 1. The highest BCUT2D eigenvalue weighted by atomic mass is 32.2. The Labute approximate surface area is 116 Å². The van der Waals surface area contributed by atoms with Crippen molar-refractivity contribution < 1.29 is 0 Å². The molecule has 0 amide bonds. The SMILES string of the molecule is CCNC(=NCC1CCN(C)CC1)NCCSC. The van der Waals surface area contributed by atoms with Crippen LogP contribution in [0.2, 0.25) is 0 Å². The molecule has 106 valence electrons. The van der Waals surface area contributed by atoms with E-state index in [-0.39, 0.29) is 0 Å². The molecular formula is C13H28N4S. The molecule has 2 N–H and O–H groups in total. The smallest absolute Gasteiger partial charge is 0.191 e. The van der Waals surface area contributed by atoms with Crippen molar-refractivity contribution in [3.05, 3.63) is 0 Å². The van der Waals surface area contributed by atoms with Gasteiger partial charge < -0.3 is 15.5 Å². The van der Waals surface area contributed by atoms with Crippen LogP contribution in [0.4, 0.5) is 0 Å². The van der Waals surface area contributed by atoms with E-state index in [0.29, 0.717) is 0 Å². The summed E-state index contributed by atoms with van der Waals surface area (Å²) in [7, 11) is 2.20. The Bertz CT molecular complexity index is 237. The number of nitrogens with one attached hydrogen (secondary N) is 2. The van der Waals surface area contributed by atoms with Crippen LogP contribution in [0.1, 0.15) is 19.8 Å². The summed E-state index contributed by atoms with van der Waals surface area (Å²) >= 11 is 1.86. The van der Waals surface area contributed by atoms with E-state index in [2.05, 4.69) is 35.8 Å². The summed E-state index contributed by atoms with van der Waals surface area (Å²) in [5, 5.41) is 6.69. The van der Waals surface area contributed by atoms with Crippen LogP contribution in [-0.2, 0) is 0 Å². The first-order valence-corrected chi connectivity index (χ1v) is 8.35. The Hall–Kier alpha value is -0.420. The minimum Gasteiger partial charge on any atom is -0.357 e. The van der Waals surface area contributed by atoms with Crippen LogP contribution in [0.3, 0.4) is 0 Å². The zero-order chi connectivity index (χ0) is 13.2. The number of nitrogens with zero attached hydrogens (tertiary/aromatic N) is 2. The lowest BCUT2D eigenvalue weighted by Gasteiger charge is -2.28. The maximum atomic E-state index is 4.70. The Morgan fingerprint density at radius 2 is 2.06 bits per heavy atom. The van der Waals surface area contributed by atoms with Crippen molar-refractivity contribution in [3.63, 3.8) is 0 Å². The Kier molecular flexibility index (Phi) is 8.25. The Morgan fingerprint density at radius 1 is 1.33 bits per heavy atom. The number of hydrogen-bond donors (Lipinski definition) is 2. The quantitative estimate of drug-likeness (QED) is 0.434. The molecule has 18 heavy (non-hydrogen) atoms. The maximum Gasteiger partial charge on any atom is 0.191 e. The van der Waals surface area contributed by atoms with Crippen molar-refractivity contribution >= 4 is 17.7 Å². The molecule has 0 bridgehead atoms. The number of hydrogen-bond acceptors (Lipinski definition) is 3. The lowest BCUT2D eigenvalue weighted by Crippen LogP contribution is -2.39. The second kappa shape index (κ2) is 9.50. The molecule has 1 fully saturated rings. The monoisotopic (exact) mass is 272 g/mol. The summed E-state index contributed by atoms with van der Waals surface area (Å²) in [5.41, 5.74) is 0. The minimum absolute atomic E-state index is 0.761. The van der Waals surface area contributed by atoms with Crippen molar-refractivity contribution in [2.75, 3.05) is 51.8 Å². The van der Waals surface area contributed by atoms with Gasteiger partial charge in [0.05, 0.1) is 0 Å². The van der Waals surface area contributed by atoms with E-state index in [4.69, 9.17) is 4.99 Å². The van der Waals surface area contributed by atoms with Gasteiger partial charge in [0.25, 0.3) is 0 Å². The van der Waals surface area contributed by atoms with E-state index in [1.54, 1.807) is 0 Å². The van der Waals surface area contributed by atoms with Crippen molar-refractivity contribution in [3.8, 4) is 0 Å². The molecule has 1 aliphatic rings. The van der Waals surface area contributed by atoms with Gasteiger partial charge in [0.1, 0.15) is 0 Å². The Balaban J connectivity index is 2.29. The Morgan fingerprint density at radius 3 is 2.67 bits per heavy atom. The van der Waals surface area contributed by atoms with Gasteiger partial charge in [-0.15, -0.1) is 0 Å². The topological polar surface area (TPSA) is 39.7 Å². The first kappa shape index (κ1) is 15.6. The van der Waals surface area contributed by atoms with Gasteiger partial charge in [0.2, 0.25) is 0 Å². The molecule has 0 aromatic rings. The van der Waals surface area contributed by atoms with Gasteiger partial charge in [-0.1, -0.05) is 0 Å². The second-order valence-corrected chi connectivity index (χ2v) is 5.87. The molecule has 1 saturated heterocycles. The first-order valence-electron chi connectivity index (χ1n) is 6.96. The van der Waals surface area contributed by atoms with Crippen LogP contribution in [0.5, 0.6) is 0 Å². The molecule has 0 aromatic carbocycles. The molecule has 0 radical (unpaired) electrons. The van der Waals surface area contributed by atoms with Crippen molar-refractivity contribution in [2.24, 2.45) is 10.9 Å². The van der Waals surface area contributed by atoms with Crippen molar-refractivity contribution in [2.45, 2.75) is 19.8 Å². The molecule has 1 rings (SSSR count). The number of rotatable bonds is 6. The largest absolute Gasteiger partial charge is 0.357 e. The fourth-order valence-electron chi connectivity index (χ4n) is 2.08. The average molecular weight is 272 g/mol. The lowest BCUT2D eigenvalue weighted by molar-refractivity contribution is 0.223. The van der Waals surface area contributed by atoms with E-state index in [0.717, 1.165) is 37.3 Å². The van der Waals surface area contributed by atoms with Crippen LogP contribution < -0.4 is 10.6 Å². The lowest BCUT2D eigenvalue weighted by atomic mass is 9.97. The summed E-state index contributed by atoms with van der Waals surface area (Å²) in [4.78, 5) is 7.11. The molecular weight excluding hydrogens is 244 g/mol. The van der Waals surface area contributed by atoms with Gasteiger partial charge in [0, 0.05) is 25.4 Å². The van der Waals surface area contributed by atoms with E-state index < -0.39 is 0 Å². The molecule has 0 aliphatic carbocycles. The van der Waals surface area contributed by atoms with Gasteiger partial charge in [-0.25, -0.2) is 0 Å². The van der Waals surface area contributed by atoms with Gasteiger partial charge >= 0.3 is 0 Å². The average Bonchev–Trinajstić information content (AvgIpc) is 2.38. The first-order chi connectivity index (χ1) is 8.76. The third kappa shape index (κ3) is 6.50. The fraction of sp³-hybridized carbons (Fsp3) is 0.923. The maximum absolute atomic E-state index is 4.70. The summed E-state index contributed by atoms with van der Waals surface area (Å²) in [6, 6.07) is 0. The van der Waals surface area contributed by atoms with Gasteiger partial charge in [-0.05, 0) is 52.1 Å². The highest BCUT2D eigenvalue weighted by molar-refractivity contribution is 7.98. The third-order valence-electron chi connectivity index (χ3n) is 3.29. The fourth-order valence-corrected chi connectivity index (χ4v) is 2.38. The second-order valence-electron chi connectivity index (χ2n) is 4.89. The molecule has 4 nitrogen and oxygen atoms in total. The third-order valence-corrected chi connectivity index (χ3v) is 3.90. The molecule has 0 saturated carbocycles. The molecule has 0 spiro atoms. The van der Waals surface area contributed by atoms with Gasteiger partial charge in [-0.2, -0.15) is 11.8 Å². The van der Waals surface area contributed by atoms with Gasteiger partial charge in [0.15, 0.2) is 5.96 Å². The van der Waals surface area contributed by atoms with E-state index in [1.807, 2.05) is 11.8 Å². The van der Waals surface area contributed by atoms with Crippen LogP contribution in [-0.4, -0.2) is 62.6 Å². The molecule has 0 unspecified atom stereocenters. The standard InChI is InChI=1S/C13H28N4S/c1-4-14-13(15-7-10-18-3)16-11-12-5-8-17(2)9-6-12/h12H,4-11H2,1-3H3,(H2,14,15,16). The highest BCUT2D eigenvalue weighted by Gasteiger charge is 2.16. The van der Waals surface area contributed by atoms with E-state index >= 15 is 0 Å². The molecule has 0 aromatic heterocycles. The highest BCUT2D eigenvalue weighted by Crippen LogP contribution is 2.15. The van der Waals surface area contributed by atoms with Crippen molar-refractivity contribution in [1.82, 2.24) is 15.5 Å². The van der Waals surface area contributed by atoms with Crippen LogP contribution in [0, 0.1) is 5.92 Å². The van der Waals surface area contributed by atoms with Crippen LogP contribution >= 0.6 is 11.8 Å². The zero-order valence-electron chi connectivity index (χ0n) is 12.0. The molecule has 1 aliphatic heterocycles. The molecule has 5 heteroatoms. The van der Waals surface area contributed by atoms with Gasteiger partial charge in [-0.3, -0.25) is 4.99 Å². The molecule has 1 heterocycles. The number of piperidine rings is 1. The zero-order valence-corrected chi connectivity index (χ0v) is 12.9. The van der Waals surface area contributed by atoms with Crippen LogP contribution in [0.25, 0.3) is 0 Å². The normalized spacial score (nSPS) is 18.9. The number of guanidine groups is 1. The summed E-state index contributed by atoms with van der Waals surface area (Å²) in [5.74, 6) is 2.86. The van der Waals surface area contributed by atoms with E-state index in [9.17, 15) is 0 Å². The number of aliphatic imine (C=N–C) groups is 1. The summed E-state index contributed by atoms with van der Waals surface area (Å²) in [6.45, 7) is 7.43. The van der Waals surface area contributed by atoms with Crippen LogP contribution in [0.15, 0.2) is 4.99 Å². The summed E-state index contributed by atoms with van der Waals surface area (Å²) < 4.78 is 0. The molecule has 0 atom stereocenters.